The van der Waals surface area contributed by atoms with Crippen LogP contribution in [0.2, 0.25) is 12.6 Å². The van der Waals surface area contributed by atoms with Gasteiger partial charge in [-0.3, -0.25) is 0 Å². The first-order valence-electron chi connectivity index (χ1n) is 14.8. The van der Waals surface area contributed by atoms with E-state index in [0.29, 0.717) is 21.7 Å². The minimum atomic E-state index is -1.73. The number of rotatable bonds is 2. The second kappa shape index (κ2) is 9.13. The molecule has 0 amide bonds. The van der Waals surface area contributed by atoms with Gasteiger partial charge >= 0.3 is 241 Å². The molecule has 5 aromatic rings. The minimum absolute atomic E-state index is 0.319. The summed E-state index contributed by atoms with van der Waals surface area (Å²) < 4.78 is 5.82. The molecule has 192 valence electrons. The Labute approximate surface area is 239 Å². The van der Waals surface area contributed by atoms with E-state index in [0.717, 1.165) is 0 Å². The standard InChI is InChI=1S/C35H34BNSeSi/c1-3-39(2)33-19-11-9-15-28(33)36-27-22-21-24(23-32(27)38-31-18-12-20-34(39)35(31)36)37-29-16-7-5-4-6-13-25(29)26-14-8-10-17-30(26)37/h8-12,14-15,17-23H,3-7,13,16H2,1-2H3. The summed E-state index contributed by atoms with van der Waals surface area (Å²) in [7, 11) is -1.73. The van der Waals surface area contributed by atoms with Crippen molar-refractivity contribution >= 4 is 76.3 Å². The maximum absolute atomic E-state index is 2.63. The van der Waals surface area contributed by atoms with Crippen LogP contribution in [0.1, 0.15) is 43.9 Å². The second-order valence-electron chi connectivity index (χ2n) is 11.9. The first-order chi connectivity index (χ1) is 19.2. The molecule has 3 aliphatic rings. The molecular weight excluding hydrogens is 552 g/mol. The van der Waals surface area contributed by atoms with Crippen LogP contribution in [0, 0.1) is 0 Å². The third-order valence-corrected chi connectivity index (χ3v) is 17.1. The molecule has 4 heteroatoms. The van der Waals surface area contributed by atoms with Crippen molar-refractivity contribution in [2.45, 2.75) is 58.0 Å². The molecule has 0 saturated carbocycles. The molecule has 0 saturated heterocycles. The van der Waals surface area contributed by atoms with Gasteiger partial charge in [0.05, 0.1) is 0 Å². The van der Waals surface area contributed by atoms with Gasteiger partial charge in [0.2, 0.25) is 0 Å². The number of benzene rings is 4. The van der Waals surface area contributed by atoms with E-state index in [1.54, 1.807) is 46.9 Å². The van der Waals surface area contributed by atoms with Crippen LogP contribution in [0.4, 0.5) is 0 Å². The molecule has 8 rings (SSSR count). The van der Waals surface area contributed by atoms with Crippen LogP contribution in [-0.2, 0) is 12.8 Å². The average Bonchev–Trinajstić information content (AvgIpc) is 3.26. The van der Waals surface area contributed by atoms with Crippen molar-refractivity contribution in [3.05, 3.63) is 96.2 Å². The fourth-order valence-corrected chi connectivity index (χ4v) is 14.4. The summed E-state index contributed by atoms with van der Waals surface area (Å²) in [4.78, 5) is 0. The van der Waals surface area contributed by atoms with E-state index in [1.807, 2.05) is 0 Å². The summed E-state index contributed by atoms with van der Waals surface area (Å²) in [6.07, 6.45) is 7.74. The topological polar surface area (TPSA) is 4.93 Å². The quantitative estimate of drug-likeness (QED) is 0.275. The van der Waals surface area contributed by atoms with E-state index in [1.165, 1.54) is 61.2 Å². The van der Waals surface area contributed by atoms with Crippen LogP contribution in [0.3, 0.4) is 0 Å². The van der Waals surface area contributed by atoms with Gasteiger partial charge in [0.25, 0.3) is 0 Å². The van der Waals surface area contributed by atoms with E-state index < -0.39 is 8.07 Å². The van der Waals surface area contributed by atoms with E-state index in [4.69, 9.17) is 0 Å². The van der Waals surface area contributed by atoms with E-state index in [9.17, 15) is 0 Å². The van der Waals surface area contributed by atoms with Crippen molar-refractivity contribution in [3.63, 3.8) is 0 Å². The normalized spacial score (nSPS) is 19.5. The van der Waals surface area contributed by atoms with Crippen LogP contribution < -0.4 is 35.7 Å². The Hall–Kier alpha value is -2.78. The van der Waals surface area contributed by atoms with Gasteiger partial charge in [-0.15, -0.1) is 0 Å². The van der Waals surface area contributed by atoms with Crippen LogP contribution in [0.15, 0.2) is 84.9 Å². The van der Waals surface area contributed by atoms with Gasteiger partial charge in [-0.2, -0.15) is 0 Å². The van der Waals surface area contributed by atoms with Crippen molar-refractivity contribution in [3.8, 4) is 5.69 Å². The predicted octanol–water partition coefficient (Wildman–Crippen LogP) is 3.30. The Bertz CT molecular complexity index is 1770. The molecule has 0 bridgehead atoms. The Kier molecular flexibility index (Phi) is 5.63. The fraction of sp³-hybridized carbons (Fsp3) is 0.257. The first-order valence-corrected chi connectivity index (χ1v) is 19.3. The molecule has 2 aliphatic heterocycles. The Balaban J connectivity index is 1.34. The van der Waals surface area contributed by atoms with Crippen molar-refractivity contribution < 1.29 is 0 Å². The van der Waals surface area contributed by atoms with Gasteiger partial charge in [-0.25, -0.2) is 0 Å². The number of aryl methyl sites for hydroxylation is 1. The zero-order chi connectivity index (χ0) is 26.1. The van der Waals surface area contributed by atoms with E-state index in [-0.39, 0.29) is 0 Å². The van der Waals surface area contributed by atoms with Gasteiger partial charge in [0.15, 0.2) is 0 Å². The predicted molar refractivity (Wildman–Crippen MR) is 173 cm³/mol. The molecule has 3 heterocycles. The number of hydrogen-bond acceptors (Lipinski definition) is 0. The summed E-state index contributed by atoms with van der Waals surface area (Å²) in [5.74, 6) is 0. The molecular formula is C35H34BNSeSi. The van der Waals surface area contributed by atoms with E-state index in [2.05, 4.69) is 103 Å². The second-order valence-corrected chi connectivity index (χ2v) is 18.7. The summed E-state index contributed by atoms with van der Waals surface area (Å²) in [5.41, 5.74) is 10.7. The Morgan fingerprint density at radius 3 is 2.46 bits per heavy atom. The molecule has 0 N–H and O–H groups in total. The third kappa shape index (κ3) is 3.45. The van der Waals surface area contributed by atoms with E-state index >= 15 is 0 Å². The number of aromatic nitrogens is 1. The molecule has 1 aliphatic carbocycles. The van der Waals surface area contributed by atoms with Crippen LogP contribution in [0.25, 0.3) is 16.6 Å². The Morgan fingerprint density at radius 2 is 1.56 bits per heavy atom. The zero-order valence-corrected chi connectivity index (χ0v) is 25.7. The summed E-state index contributed by atoms with van der Waals surface area (Å²) in [6.45, 7) is 5.40. The molecule has 0 fully saturated rings. The summed E-state index contributed by atoms with van der Waals surface area (Å²) in [5, 5.41) is 4.82. The van der Waals surface area contributed by atoms with Crippen molar-refractivity contribution in [2.75, 3.05) is 0 Å². The fourth-order valence-electron chi connectivity index (χ4n) is 7.92. The van der Waals surface area contributed by atoms with Gasteiger partial charge in [-0.05, 0) is 0 Å². The summed E-state index contributed by atoms with van der Waals surface area (Å²) >= 11 is 0.319. The number of hydrogen-bond donors (Lipinski definition) is 0. The molecule has 1 unspecified atom stereocenters. The van der Waals surface area contributed by atoms with Crippen molar-refractivity contribution in [1.29, 1.82) is 0 Å². The average molecular weight is 587 g/mol. The summed E-state index contributed by atoms with van der Waals surface area (Å²) in [6, 6.07) is 34.7. The van der Waals surface area contributed by atoms with Gasteiger partial charge in [0.1, 0.15) is 0 Å². The molecule has 0 spiro atoms. The Morgan fingerprint density at radius 1 is 0.769 bits per heavy atom. The zero-order valence-electron chi connectivity index (χ0n) is 23.0. The molecule has 1 aromatic heterocycles. The number of nitrogens with zero attached hydrogens (tertiary/aromatic N) is 1. The van der Waals surface area contributed by atoms with Crippen LogP contribution >= 0.6 is 0 Å². The number of para-hydroxylation sites is 1. The maximum atomic E-state index is 2.63. The molecule has 0 radical (unpaired) electrons. The first kappa shape index (κ1) is 24.1. The van der Waals surface area contributed by atoms with Crippen molar-refractivity contribution in [2.24, 2.45) is 0 Å². The molecule has 1 nitrogen and oxygen atoms in total. The number of fused-ring (bicyclic) bond motifs is 7. The van der Waals surface area contributed by atoms with Crippen molar-refractivity contribution in [1.82, 2.24) is 4.57 Å². The monoisotopic (exact) mass is 587 g/mol. The molecule has 4 aromatic carbocycles. The SMILES string of the molecule is CC[Si]1(C)c2ccccc2B2c3ccc(-n4c5c(c6ccccc64)CCCCCC5)cc3[Se]c3cccc1c32. The van der Waals surface area contributed by atoms with Gasteiger partial charge in [-0.1, -0.05) is 0 Å². The molecule has 1 atom stereocenters. The van der Waals surface area contributed by atoms with Gasteiger partial charge < -0.3 is 0 Å². The van der Waals surface area contributed by atoms with Crippen LogP contribution in [0.5, 0.6) is 0 Å². The third-order valence-electron chi connectivity index (χ3n) is 9.99. The van der Waals surface area contributed by atoms with Crippen LogP contribution in [-0.4, -0.2) is 34.3 Å². The molecule has 39 heavy (non-hydrogen) atoms. The van der Waals surface area contributed by atoms with Gasteiger partial charge in [0, 0.05) is 0 Å².